The van der Waals surface area contributed by atoms with Gasteiger partial charge in [0.15, 0.2) is 5.82 Å². The highest BCUT2D eigenvalue weighted by Gasteiger charge is 2.20. The van der Waals surface area contributed by atoms with E-state index in [4.69, 9.17) is 0 Å². The molecule has 0 aromatic carbocycles. The van der Waals surface area contributed by atoms with Crippen molar-refractivity contribution in [1.82, 2.24) is 14.9 Å². The molecule has 1 aromatic heterocycles. The molecule has 88 valence electrons. The van der Waals surface area contributed by atoms with Gasteiger partial charge in [-0.1, -0.05) is 6.92 Å². The molecule has 0 bridgehead atoms. The van der Waals surface area contributed by atoms with Gasteiger partial charge in [0.1, 0.15) is 0 Å². The molecule has 2 rings (SSSR count). The molecule has 1 unspecified atom stereocenters. The maximum Gasteiger partial charge on any atom is 0.222 e. The number of nitrogens with zero attached hydrogens (tertiary/aromatic N) is 3. The van der Waals surface area contributed by atoms with E-state index < -0.39 is 5.82 Å². The number of aromatic nitrogens is 2. The molecule has 1 aliphatic heterocycles. The van der Waals surface area contributed by atoms with Crippen LogP contribution >= 0.6 is 0 Å². The molecule has 0 saturated carbocycles. The first kappa shape index (κ1) is 11.3. The van der Waals surface area contributed by atoms with Crippen molar-refractivity contribution in [3.05, 3.63) is 18.2 Å². The van der Waals surface area contributed by atoms with Crippen molar-refractivity contribution in [1.29, 1.82) is 0 Å². The third-order valence-corrected chi connectivity index (χ3v) is 2.99. The molecular weight excluding hydrogens is 207 g/mol. The predicted octanol–water partition coefficient (Wildman–Crippen LogP) is 1.37. The van der Waals surface area contributed by atoms with Crippen LogP contribution in [0.1, 0.15) is 13.3 Å². The van der Waals surface area contributed by atoms with E-state index in [1.54, 1.807) is 0 Å². The number of hydrogen-bond acceptors (Lipinski definition) is 4. The zero-order chi connectivity index (χ0) is 11.4. The average Bonchev–Trinajstić information content (AvgIpc) is 2.76. The lowest BCUT2D eigenvalue weighted by atomic mass is 10.1. The number of rotatable bonds is 4. The van der Waals surface area contributed by atoms with Crippen LogP contribution in [0.25, 0.3) is 0 Å². The SMILES string of the molecule is CCN1CCC(CNc2ncc(F)cn2)C1. The molecule has 0 aliphatic carbocycles. The lowest BCUT2D eigenvalue weighted by molar-refractivity contribution is 0.345. The predicted molar refractivity (Wildman–Crippen MR) is 60.7 cm³/mol. The first-order valence-corrected chi connectivity index (χ1v) is 5.71. The smallest absolute Gasteiger partial charge is 0.222 e. The third kappa shape index (κ3) is 2.88. The van der Waals surface area contributed by atoms with Crippen LogP contribution in [0.15, 0.2) is 12.4 Å². The third-order valence-electron chi connectivity index (χ3n) is 2.99. The van der Waals surface area contributed by atoms with Gasteiger partial charge in [-0.15, -0.1) is 0 Å². The summed E-state index contributed by atoms with van der Waals surface area (Å²) in [5.74, 6) is 0.758. The van der Waals surface area contributed by atoms with Crippen LogP contribution in [-0.2, 0) is 0 Å². The second-order valence-corrected chi connectivity index (χ2v) is 4.15. The van der Waals surface area contributed by atoms with Gasteiger partial charge in [0.2, 0.25) is 5.95 Å². The Bertz CT molecular complexity index is 327. The highest BCUT2D eigenvalue weighted by molar-refractivity contribution is 5.22. The molecule has 16 heavy (non-hydrogen) atoms. The van der Waals surface area contributed by atoms with Crippen molar-refractivity contribution < 1.29 is 4.39 Å². The van der Waals surface area contributed by atoms with Gasteiger partial charge in [-0.05, 0) is 25.4 Å². The summed E-state index contributed by atoms with van der Waals surface area (Å²) in [6.07, 6.45) is 3.58. The standard InChI is InChI=1S/C11H17FN4/c1-2-16-4-3-9(8-16)5-13-11-14-6-10(12)7-15-11/h6-7,9H,2-5,8H2,1H3,(H,13,14,15). The first-order valence-electron chi connectivity index (χ1n) is 5.71. The molecule has 1 aromatic rings. The summed E-state index contributed by atoms with van der Waals surface area (Å²) in [7, 11) is 0. The van der Waals surface area contributed by atoms with Gasteiger partial charge in [-0.25, -0.2) is 14.4 Å². The number of halogens is 1. The van der Waals surface area contributed by atoms with Crippen molar-refractivity contribution in [2.24, 2.45) is 5.92 Å². The molecule has 0 radical (unpaired) electrons. The minimum Gasteiger partial charge on any atom is -0.354 e. The molecule has 5 heteroatoms. The Morgan fingerprint density at radius 3 is 2.88 bits per heavy atom. The fourth-order valence-corrected chi connectivity index (χ4v) is 2.01. The molecule has 1 aliphatic rings. The van der Waals surface area contributed by atoms with Crippen LogP contribution in [0.2, 0.25) is 0 Å². The Kier molecular flexibility index (Phi) is 3.66. The zero-order valence-electron chi connectivity index (χ0n) is 9.49. The molecular formula is C11H17FN4. The summed E-state index contributed by atoms with van der Waals surface area (Å²) < 4.78 is 12.6. The van der Waals surface area contributed by atoms with Crippen LogP contribution in [0, 0.1) is 11.7 Å². The van der Waals surface area contributed by atoms with Crippen LogP contribution < -0.4 is 5.32 Å². The van der Waals surface area contributed by atoms with E-state index in [9.17, 15) is 4.39 Å². The van der Waals surface area contributed by atoms with E-state index in [0.29, 0.717) is 11.9 Å². The van der Waals surface area contributed by atoms with Crippen molar-refractivity contribution in [3.8, 4) is 0 Å². The number of likely N-dealkylation sites (tertiary alicyclic amines) is 1. The van der Waals surface area contributed by atoms with Gasteiger partial charge in [0.05, 0.1) is 12.4 Å². The highest BCUT2D eigenvalue weighted by Crippen LogP contribution is 2.15. The topological polar surface area (TPSA) is 41.0 Å². The Morgan fingerprint density at radius 2 is 2.25 bits per heavy atom. The van der Waals surface area contributed by atoms with Crippen molar-refractivity contribution >= 4 is 5.95 Å². The quantitative estimate of drug-likeness (QED) is 0.838. The maximum atomic E-state index is 12.6. The molecule has 0 spiro atoms. The average molecular weight is 224 g/mol. The normalized spacial score (nSPS) is 21.2. The van der Waals surface area contributed by atoms with Crippen molar-refractivity contribution in [2.75, 3.05) is 31.5 Å². The Morgan fingerprint density at radius 1 is 1.50 bits per heavy atom. The fourth-order valence-electron chi connectivity index (χ4n) is 2.01. The van der Waals surface area contributed by atoms with E-state index in [-0.39, 0.29) is 0 Å². The number of anilines is 1. The maximum absolute atomic E-state index is 12.6. The number of nitrogens with one attached hydrogen (secondary N) is 1. The van der Waals surface area contributed by atoms with Crippen LogP contribution in [-0.4, -0.2) is 41.0 Å². The van der Waals surface area contributed by atoms with E-state index >= 15 is 0 Å². The highest BCUT2D eigenvalue weighted by atomic mass is 19.1. The van der Waals surface area contributed by atoms with E-state index in [2.05, 4.69) is 27.1 Å². The second kappa shape index (κ2) is 5.21. The van der Waals surface area contributed by atoms with Gasteiger partial charge in [-0.3, -0.25) is 0 Å². The minimum absolute atomic E-state index is 0.399. The molecule has 1 N–H and O–H groups in total. The van der Waals surface area contributed by atoms with E-state index in [0.717, 1.165) is 19.6 Å². The summed E-state index contributed by atoms with van der Waals surface area (Å²) in [5, 5.41) is 3.14. The van der Waals surface area contributed by atoms with Gasteiger partial charge in [0.25, 0.3) is 0 Å². The largest absolute Gasteiger partial charge is 0.354 e. The van der Waals surface area contributed by atoms with E-state index in [1.807, 2.05) is 0 Å². The van der Waals surface area contributed by atoms with Crippen LogP contribution in [0.4, 0.5) is 10.3 Å². The Hall–Kier alpha value is -1.23. The zero-order valence-corrected chi connectivity index (χ0v) is 9.49. The summed E-state index contributed by atoms with van der Waals surface area (Å²) >= 11 is 0. The van der Waals surface area contributed by atoms with E-state index in [1.165, 1.54) is 25.4 Å². The molecule has 1 saturated heterocycles. The molecule has 2 heterocycles. The van der Waals surface area contributed by atoms with Crippen LogP contribution in [0.5, 0.6) is 0 Å². The van der Waals surface area contributed by atoms with Crippen molar-refractivity contribution in [3.63, 3.8) is 0 Å². The molecule has 0 amide bonds. The van der Waals surface area contributed by atoms with Gasteiger partial charge < -0.3 is 10.2 Å². The monoisotopic (exact) mass is 224 g/mol. The summed E-state index contributed by atoms with van der Waals surface area (Å²) in [6.45, 7) is 6.46. The lowest BCUT2D eigenvalue weighted by Gasteiger charge is -2.13. The summed E-state index contributed by atoms with van der Waals surface area (Å²) in [6, 6.07) is 0. The second-order valence-electron chi connectivity index (χ2n) is 4.15. The molecule has 4 nitrogen and oxygen atoms in total. The van der Waals surface area contributed by atoms with Gasteiger partial charge in [-0.2, -0.15) is 0 Å². The molecule has 1 atom stereocenters. The Labute approximate surface area is 94.9 Å². The Balaban J connectivity index is 1.77. The van der Waals surface area contributed by atoms with Crippen molar-refractivity contribution in [2.45, 2.75) is 13.3 Å². The van der Waals surface area contributed by atoms with Gasteiger partial charge in [0, 0.05) is 13.1 Å². The first-order chi connectivity index (χ1) is 7.78. The molecule has 1 fully saturated rings. The fraction of sp³-hybridized carbons (Fsp3) is 0.636. The number of hydrogen-bond donors (Lipinski definition) is 1. The summed E-state index contributed by atoms with van der Waals surface area (Å²) in [5.41, 5.74) is 0. The van der Waals surface area contributed by atoms with Gasteiger partial charge >= 0.3 is 0 Å². The van der Waals surface area contributed by atoms with Crippen LogP contribution in [0.3, 0.4) is 0 Å². The lowest BCUT2D eigenvalue weighted by Crippen LogP contribution is -2.22. The minimum atomic E-state index is -0.399. The summed E-state index contributed by atoms with van der Waals surface area (Å²) in [4.78, 5) is 10.2.